The van der Waals surface area contributed by atoms with Crippen molar-refractivity contribution in [2.45, 2.75) is 12.5 Å². The molecule has 0 aliphatic carbocycles. The van der Waals surface area contributed by atoms with E-state index in [1.807, 2.05) is 0 Å². The van der Waals surface area contributed by atoms with Gasteiger partial charge >= 0.3 is 0 Å². The minimum absolute atomic E-state index is 0.169. The topological polar surface area (TPSA) is 69.6 Å². The fraction of sp³-hybridized carbons (Fsp3) is 0.833. The van der Waals surface area contributed by atoms with Crippen LogP contribution in [0.1, 0.15) is 6.92 Å². The van der Waals surface area contributed by atoms with Crippen molar-refractivity contribution in [1.82, 2.24) is 5.32 Å². The van der Waals surface area contributed by atoms with Gasteiger partial charge in [-0.1, -0.05) is 15.9 Å². The predicted octanol–water partition coefficient (Wildman–Crippen LogP) is -0.759. The quantitative estimate of drug-likeness (QED) is 0.552. The van der Waals surface area contributed by atoms with Crippen molar-refractivity contribution in [2.24, 2.45) is 0 Å². The van der Waals surface area contributed by atoms with E-state index in [1.54, 1.807) is 6.92 Å². The molecule has 0 aliphatic heterocycles. The Morgan fingerprint density at radius 3 is 2.27 bits per heavy atom. The zero-order valence-corrected chi connectivity index (χ0v) is 7.89. The third-order valence-electron chi connectivity index (χ3n) is 1.26. The lowest BCUT2D eigenvalue weighted by molar-refractivity contribution is -0.121. The first kappa shape index (κ1) is 10.9. The van der Waals surface area contributed by atoms with Crippen LogP contribution in [0.4, 0.5) is 0 Å². The maximum Gasteiger partial charge on any atom is 0.231 e. The number of amides is 1. The van der Waals surface area contributed by atoms with Gasteiger partial charge in [0.25, 0.3) is 0 Å². The number of halogens is 1. The molecule has 3 N–H and O–H groups in total. The average Bonchev–Trinajstić information content (AvgIpc) is 2.04. The van der Waals surface area contributed by atoms with Gasteiger partial charge in [0.1, 0.15) is 0 Å². The van der Waals surface area contributed by atoms with Crippen LogP contribution < -0.4 is 5.32 Å². The summed E-state index contributed by atoms with van der Waals surface area (Å²) in [7, 11) is 0. The third-order valence-corrected chi connectivity index (χ3v) is 1.77. The van der Waals surface area contributed by atoms with Gasteiger partial charge in [-0.25, -0.2) is 0 Å². The second-order valence-corrected chi connectivity index (χ2v) is 3.12. The van der Waals surface area contributed by atoms with Crippen molar-refractivity contribution in [3.63, 3.8) is 0 Å². The van der Waals surface area contributed by atoms with E-state index >= 15 is 0 Å². The molecular weight excluding hydrogens is 214 g/mol. The summed E-state index contributed by atoms with van der Waals surface area (Å²) >= 11 is 2.95. The molecule has 0 aromatic heterocycles. The van der Waals surface area contributed by atoms with Crippen molar-refractivity contribution >= 4 is 21.8 Å². The first-order chi connectivity index (χ1) is 5.08. The lowest BCUT2D eigenvalue weighted by Gasteiger charge is -2.25. The van der Waals surface area contributed by atoms with Gasteiger partial charge in [0.2, 0.25) is 5.91 Å². The van der Waals surface area contributed by atoms with Gasteiger partial charge < -0.3 is 15.5 Å². The van der Waals surface area contributed by atoms with Gasteiger partial charge in [0, 0.05) is 0 Å². The molecule has 4 nitrogen and oxygen atoms in total. The van der Waals surface area contributed by atoms with E-state index in [0.29, 0.717) is 0 Å². The largest absolute Gasteiger partial charge is 0.394 e. The first-order valence-corrected chi connectivity index (χ1v) is 4.29. The Balaban J connectivity index is 3.96. The standard InChI is InChI=1S/C6H12BrNO3/c1-6(3-9,4-10)8-5(11)2-7/h9-10H,2-4H2,1H3,(H,8,11). The SMILES string of the molecule is CC(CO)(CO)NC(=O)CBr. The lowest BCUT2D eigenvalue weighted by atomic mass is 10.1. The lowest BCUT2D eigenvalue weighted by Crippen LogP contribution is -2.52. The molecule has 0 aromatic rings. The zero-order chi connectivity index (χ0) is 8.91. The number of nitrogens with one attached hydrogen (secondary N) is 1. The highest BCUT2D eigenvalue weighted by Gasteiger charge is 2.23. The van der Waals surface area contributed by atoms with Crippen molar-refractivity contribution in [1.29, 1.82) is 0 Å². The molecule has 1 amide bonds. The summed E-state index contributed by atoms with van der Waals surface area (Å²) in [6.07, 6.45) is 0. The van der Waals surface area contributed by atoms with E-state index in [0.717, 1.165) is 0 Å². The van der Waals surface area contributed by atoms with Crippen LogP contribution in [0.2, 0.25) is 0 Å². The van der Waals surface area contributed by atoms with Crippen molar-refractivity contribution < 1.29 is 15.0 Å². The van der Waals surface area contributed by atoms with Crippen LogP contribution in [0.3, 0.4) is 0 Å². The van der Waals surface area contributed by atoms with Crippen molar-refractivity contribution in [3.8, 4) is 0 Å². The number of alkyl halides is 1. The van der Waals surface area contributed by atoms with Gasteiger partial charge in [-0.3, -0.25) is 4.79 Å². The van der Waals surface area contributed by atoms with Crippen LogP contribution in [0.25, 0.3) is 0 Å². The highest BCUT2D eigenvalue weighted by molar-refractivity contribution is 9.09. The Morgan fingerprint density at radius 2 is 2.00 bits per heavy atom. The van der Waals surface area contributed by atoms with Gasteiger partial charge in [0.05, 0.1) is 24.1 Å². The van der Waals surface area contributed by atoms with Crippen LogP contribution in [-0.4, -0.2) is 40.2 Å². The van der Waals surface area contributed by atoms with E-state index in [2.05, 4.69) is 21.2 Å². The molecule has 0 atom stereocenters. The Morgan fingerprint density at radius 1 is 1.55 bits per heavy atom. The molecular formula is C6H12BrNO3. The molecule has 11 heavy (non-hydrogen) atoms. The second-order valence-electron chi connectivity index (χ2n) is 2.56. The van der Waals surface area contributed by atoms with Gasteiger partial charge in [-0.05, 0) is 6.92 Å². The van der Waals surface area contributed by atoms with E-state index in [4.69, 9.17) is 10.2 Å². The zero-order valence-electron chi connectivity index (χ0n) is 6.30. The molecule has 0 rings (SSSR count). The van der Waals surface area contributed by atoms with Gasteiger partial charge in [-0.15, -0.1) is 0 Å². The maximum absolute atomic E-state index is 10.8. The summed E-state index contributed by atoms with van der Waals surface area (Å²) < 4.78 is 0. The monoisotopic (exact) mass is 225 g/mol. The molecule has 66 valence electrons. The minimum atomic E-state index is -0.912. The number of aliphatic hydroxyl groups is 2. The molecule has 0 fully saturated rings. The highest BCUT2D eigenvalue weighted by atomic mass is 79.9. The van der Waals surface area contributed by atoms with E-state index in [-0.39, 0.29) is 24.5 Å². The highest BCUT2D eigenvalue weighted by Crippen LogP contribution is 2.00. The molecule has 0 radical (unpaired) electrons. The number of aliphatic hydroxyl groups excluding tert-OH is 2. The fourth-order valence-corrected chi connectivity index (χ4v) is 0.639. The van der Waals surface area contributed by atoms with Crippen LogP contribution in [0.15, 0.2) is 0 Å². The van der Waals surface area contributed by atoms with E-state index < -0.39 is 5.54 Å². The molecule has 0 saturated carbocycles. The normalized spacial score (nSPS) is 11.3. The Hall–Kier alpha value is -0.130. The van der Waals surface area contributed by atoms with Crippen molar-refractivity contribution in [3.05, 3.63) is 0 Å². The molecule has 0 spiro atoms. The fourth-order valence-electron chi connectivity index (χ4n) is 0.499. The summed E-state index contributed by atoms with van der Waals surface area (Å²) in [6.45, 7) is 1.01. The molecule has 5 heteroatoms. The second kappa shape index (κ2) is 4.69. The number of carbonyl (C=O) groups excluding carboxylic acids is 1. The molecule has 0 aromatic carbocycles. The molecule has 0 aliphatic rings. The Labute approximate surface area is 73.7 Å². The molecule has 0 saturated heterocycles. The van der Waals surface area contributed by atoms with Gasteiger partial charge in [0.15, 0.2) is 0 Å². The summed E-state index contributed by atoms with van der Waals surface area (Å²) in [4.78, 5) is 10.8. The minimum Gasteiger partial charge on any atom is -0.394 e. The molecule has 0 bridgehead atoms. The maximum atomic E-state index is 10.8. The summed E-state index contributed by atoms with van der Waals surface area (Å²) in [5.41, 5.74) is -0.912. The van der Waals surface area contributed by atoms with Crippen LogP contribution in [0, 0.1) is 0 Å². The molecule has 0 unspecified atom stereocenters. The van der Waals surface area contributed by atoms with E-state index in [9.17, 15) is 4.79 Å². The number of hydrogen-bond donors (Lipinski definition) is 3. The van der Waals surface area contributed by atoms with E-state index in [1.165, 1.54) is 0 Å². The number of rotatable bonds is 4. The summed E-state index contributed by atoms with van der Waals surface area (Å²) in [5.74, 6) is -0.254. The predicted molar refractivity (Wildman–Crippen MR) is 44.5 cm³/mol. The number of carbonyl (C=O) groups is 1. The van der Waals surface area contributed by atoms with Crippen LogP contribution in [0.5, 0.6) is 0 Å². The Bertz CT molecular complexity index is 136. The molecule has 0 heterocycles. The van der Waals surface area contributed by atoms with Crippen LogP contribution >= 0.6 is 15.9 Å². The van der Waals surface area contributed by atoms with Gasteiger partial charge in [-0.2, -0.15) is 0 Å². The third kappa shape index (κ3) is 3.69. The summed E-state index contributed by atoms with van der Waals surface area (Å²) in [5, 5.41) is 20.1. The smallest absolute Gasteiger partial charge is 0.231 e. The Kier molecular flexibility index (Phi) is 4.63. The first-order valence-electron chi connectivity index (χ1n) is 3.16. The van der Waals surface area contributed by atoms with Crippen molar-refractivity contribution in [2.75, 3.05) is 18.5 Å². The average molecular weight is 226 g/mol. The van der Waals surface area contributed by atoms with Crippen LogP contribution in [-0.2, 0) is 4.79 Å². The number of hydrogen-bond acceptors (Lipinski definition) is 3. The summed E-state index contributed by atoms with van der Waals surface area (Å²) in [6, 6.07) is 0.